The summed E-state index contributed by atoms with van der Waals surface area (Å²) in [5.74, 6) is -0.0309. The molecule has 0 amide bonds. The molecule has 5 nitrogen and oxygen atoms in total. The van der Waals surface area contributed by atoms with Crippen molar-refractivity contribution < 1.29 is 13.7 Å². The summed E-state index contributed by atoms with van der Waals surface area (Å²) in [6.45, 7) is 1.95. The van der Waals surface area contributed by atoms with Gasteiger partial charge in [-0.25, -0.2) is 4.39 Å². The zero-order valence-corrected chi connectivity index (χ0v) is 10.2. The van der Waals surface area contributed by atoms with Crippen LogP contribution < -0.4 is 5.73 Å². The molecule has 0 aliphatic carbocycles. The minimum Gasteiger partial charge on any atom is -0.382 e. The van der Waals surface area contributed by atoms with Crippen molar-refractivity contribution in [2.75, 3.05) is 13.7 Å². The number of rotatable bonds is 4. The van der Waals surface area contributed by atoms with Crippen LogP contribution in [0.5, 0.6) is 0 Å². The van der Waals surface area contributed by atoms with Crippen LogP contribution in [0.25, 0.3) is 11.5 Å². The van der Waals surface area contributed by atoms with Crippen molar-refractivity contribution in [2.24, 2.45) is 5.73 Å². The molecule has 2 aromatic rings. The quantitative estimate of drug-likeness (QED) is 0.895. The Morgan fingerprint density at radius 3 is 2.83 bits per heavy atom. The Labute approximate surface area is 104 Å². The molecule has 1 aromatic carbocycles. The van der Waals surface area contributed by atoms with E-state index in [1.54, 1.807) is 25.1 Å². The fraction of sp³-hybridized carbons (Fsp3) is 0.333. The van der Waals surface area contributed by atoms with Gasteiger partial charge in [0, 0.05) is 7.11 Å². The molecule has 1 aromatic heterocycles. The highest BCUT2D eigenvalue weighted by molar-refractivity contribution is 5.53. The number of hydrogen-bond acceptors (Lipinski definition) is 5. The first-order valence-electron chi connectivity index (χ1n) is 5.41. The normalized spacial score (nSPS) is 14.4. The zero-order valence-electron chi connectivity index (χ0n) is 10.2. The van der Waals surface area contributed by atoms with E-state index in [0.29, 0.717) is 0 Å². The average molecular weight is 251 g/mol. The highest BCUT2D eigenvalue weighted by Gasteiger charge is 2.28. The second-order valence-electron chi connectivity index (χ2n) is 4.25. The van der Waals surface area contributed by atoms with Gasteiger partial charge in [0.1, 0.15) is 11.4 Å². The molecular formula is C12H14FN3O2. The first-order chi connectivity index (χ1) is 8.54. The third-order valence-electron chi connectivity index (χ3n) is 2.49. The van der Waals surface area contributed by atoms with Crippen LogP contribution >= 0.6 is 0 Å². The Bertz CT molecular complexity index is 540. The minimum atomic E-state index is -0.873. The Morgan fingerprint density at radius 1 is 1.44 bits per heavy atom. The van der Waals surface area contributed by atoms with Gasteiger partial charge in [0.15, 0.2) is 5.82 Å². The molecule has 0 saturated carbocycles. The third-order valence-corrected chi connectivity index (χ3v) is 2.49. The number of halogens is 1. The molecule has 0 saturated heterocycles. The van der Waals surface area contributed by atoms with Crippen molar-refractivity contribution in [1.82, 2.24) is 10.1 Å². The molecule has 1 heterocycles. The lowest BCUT2D eigenvalue weighted by molar-refractivity contribution is 0.135. The van der Waals surface area contributed by atoms with E-state index in [0.717, 1.165) is 0 Å². The molecule has 0 aliphatic rings. The van der Waals surface area contributed by atoms with E-state index in [2.05, 4.69) is 10.1 Å². The molecule has 0 fully saturated rings. The van der Waals surface area contributed by atoms with Gasteiger partial charge in [-0.15, -0.1) is 0 Å². The largest absolute Gasteiger partial charge is 0.382 e. The van der Waals surface area contributed by atoms with Gasteiger partial charge < -0.3 is 15.0 Å². The molecular weight excluding hydrogens is 237 g/mol. The maximum absolute atomic E-state index is 13.5. The first-order valence-corrected chi connectivity index (χ1v) is 5.41. The topological polar surface area (TPSA) is 74.2 Å². The molecule has 0 aliphatic heterocycles. The van der Waals surface area contributed by atoms with Gasteiger partial charge in [0.25, 0.3) is 5.89 Å². The van der Waals surface area contributed by atoms with Gasteiger partial charge in [0.05, 0.1) is 12.2 Å². The predicted molar refractivity (Wildman–Crippen MR) is 63.1 cm³/mol. The fourth-order valence-electron chi connectivity index (χ4n) is 1.56. The number of nitrogens with zero attached hydrogens (tertiary/aromatic N) is 2. The van der Waals surface area contributed by atoms with Crippen molar-refractivity contribution in [3.63, 3.8) is 0 Å². The molecule has 2 N–H and O–H groups in total. The van der Waals surface area contributed by atoms with Crippen LogP contribution in [0.3, 0.4) is 0 Å². The van der Waals surface area contributed by atoms with Crippen molar-refractivity contribution >= 4 is 0 Å². The number of aromatic nitrogens is 2. The van der Waals surface area contributed by atoms with E-state index in [1.807, 2.05) is 0 Å². The molecule has 1 atom stereocenters. The number of methoxy groups -OCH3 is 1. The lowest BCUT2D eigenvalue weighted by atomic mass is 10.1. The van der Waals surface area contributed by atoms with E-state index < -0.39 is 11.4 Å². The highest BCUT2D eigenvalue weighted by atomic mass is 19.1. The lowest BCUT2D eigenvalue weighted by Crippen LogP contribution is -2.38. The summed E-state index contributed by atoms with van der Waals surface area (Å²) in [6, 6.07) is 6.18. The van der Waals surface area contributed by atoms with Crippen molar-refractivity contribution in [1.29, 1.82) is 0 Å². The summed E-state index contributed by atoms with van der Waals surface area (Å²) in [5, 5.41) is 3.77. The summed E-state index contributed by atoms with van der Waals surface area (Å²) in [6.07, 6.45) is 0. The van der Waals surface area contributed by atoms with Crippen LogP contribution in [-0.4, -0.2) is 23.9 Å². The van der Waals surface area contributed by atoms with Crippen molar-refractivity contribution in [3.05, 3.63) is 35.9 Å². The Morgan fingerprint density at radius 2 is 2.17 bits per heavy atom. The fourth-order valence-corrected chi connectivity index (χ4v) is 1.56. The van der Waals surface area contributed by atoms with Gasteiger partial charge in [-0.3, -0.25) is 0 Å². The highest BCUT2D eigenvalue weighted by Crippen LogP contribution is 2.23. The maximum Gasteiger partial charge on any atom is 0.260 e. The van der Waals surface area contributed by atoms with Crippen LogP contribution in [-0.2, 0) is 10.3 Å². The van der Waals surface area contributed by atoms with E-state index >= 15 is 0 Å². The third kappa shape index (κ3) is 2.39. The van der Waals surface area contributed by atoms with E-state index in [-0.39, 0.29) is 23.9 Å². The standard InChI is InChI=1S/C12H14FN3O2/c1-12(14,7-17-2)11-15-10(18-16-11)8-5-3-4-6-9(8)13/h3-6H,7,14H2,1-2H3. The SMILES string of the molecule is COCC(C)(N)c1noc(-c2ccccc2F)n1. The summed E-state index contributed by atoms with van der Waals surface area (Å²) in [5.41, 5.74) is 5.36. The van der Waals surface area contributed by atoms with Crippen LogP contribution in [0.4, 0.5) is 4.39 Å². The van der Waals surface area contributed by atoms with Crippen molar-refractivity contribution in [3.8, 4) is 11.5 Å². The maximum atomic E-state index is 13.5. The lowest BCUT2D eigenvalue weighted by Gasteiger charge is -2.18. The second-order valence-corrected chi connectivity index (χ2v) is 4.25. The van der Waals surface area contributed by atoms with E-state index in [9.17, 15) is 4.39 Å². The van der Waals surface area contributed by atoms with Crippen molar-refractivity contribution in [2.45, 2.75) is 12.5 Å². The Hall–Kier alpha value is -1.79. The molecule has 0 radical (unpaired) electrons. The molecule has 2 rings (SSSR count). The summed E-state index contributed by atoms with van der Waals surface area (Å²) in [4.78, 5) is 4.11. The molecule has 18 heavy (non-hydrogen) atoms. The predicted octanol–water partition coefficient (Wildman–Crippen LogP) is 1.70. The number of hydrogen-bond donors (Lipinski definition) is 1. The number of nitrogens with two attached hydrogens (primary N) is 1. The number of ether oxygens (including phenoxy) is 1. The van der Waals surface area contributed by atoms with Crippen LogP contribution in [0.2, 0.25) is 0 Å². The van der Waals surface area contributed by atoms with Gasteiger partial charge >= 0.3 is 0 Å². The van der Waals surface area contributed by atoms with Gasteiger partial charge in [-0.1, -0.05) is 17.3 Å². The molecule has 1 unspecified atom stereocenters. The van der Waals surface area contributed by atoms with Crippen LogP contribution in [0.1, 0.15) is 12.7 Å². The van der Waals surface area contributed by atoms with Crippen LogP contribution in [0, 0.1) is 5.82 Å². The molecule has 96 valence electrons. The monoisotopic (exact) mass is 251 g/mol. The van der Waals surface area contributed by atoms with E-state index in [4.69, 9.17) is 15.0 Å². The summed E-state index contributed by atoms with van der Waals surface area (Å²) < 4.78 is 23.6. The molecule has 6 heteroatoms. The first kappa shape index (κ1) is 12.7. The minimum absolute atomic E-state index is 0.107. The smallest absolute Gasteiger partial charge is 0.260 e. The van der Waals surface area contributed by atoms with Gasteiger partial charge in [-0.2, -0.15) is 4.98 Å². The van der Waals surface area contributed by atoms with Gasteiger partial charge in [0.2, 0.25) is 0 Å². The zero-order chi connectivity index (χ0) is 13.2. The average Bonchev–Trinajstić information content (AvgIpc) is 2.79. The molecule has 0 bridgehead atoms. The Kier molecular flexibility index (Phi) is 3.40. The Balaban J connectivity index is 2.34. The molecule has 0 spiro atoms. The van der Waals surface area contributed by atoms with Crippen LogP contribution in [0.15, 0.2) is 28.8 Å². The summed E-state index contributed by atoms with van der Waals surface area (Å²) >= 11 is 0. The summed E-state index contributed by atoms with van der Waals surface area (Å²) in [7, 11) is 1.53. The van der Waals surface area contributed by atoms with E-state index in [1.165, 1.54) is 13.2 Å². The second kappa shape index (κ2) is 4.83. The van der Waals surface area contributed by atoms with Gasteiger partial charge in [-0.05, 0) is 19.1 Å². The number of benzene rings is 1.